The molecule has 0 aromatic carbocycles. The molecule has 4 rings (SSSR count). The summed E-state index contributed by atoms with van der Waals surface area (Å²) < 4.78 is 0. The Bertz CT molecular complexity index is 746. The predicted octanol–water partition coefficient (Wildman–Crippen LogP) is 0.0596. The summed E-state index contributed by atoms with van der Waals surface area (Å²) >= 11 is 0. The second kappa shape index (κ2) is 5.86. The molecular formula is C16H20N6O2. The molecule has 1 saturated heterocycles. The minimum Gasteiger partial charge on any atom is -0.386 e. The van der Waals surface area contributed by atoms with Gasteiger partial charge in [0.05, 0.1) is 6.20 Å². The molecule has 0 saturated carbocycles. The highest BCUT2D eigenvalue weighted by molar-refractivity contribution is 5.94. The first-order valence-electron chi connectivity index (χ1n) is 8.22. The zero-order chi connectivity index (χ0) is 16.6. The Morgan fingerprint density at radius 3 is 3.17 bits per heavy atom. The Hall–Kier alpha value is -2.48. The number of aromatic nitrogens is 4. The third kappa shape index (κ3) is 2.73. The van der Waals surface area contributed by atoms with Crippen LogP contribution in [0.1, 0.15) is 34.6 Å². The van der Waals surface area contributed by atoms with Gasteiger partial charge in [-0.2, -0.15) is 5.10 Å². The third-order valence-corrected chi connectivity index (χ3v) is 4.81. The van der Waals surface area contributed by atoms with Gasteiger partial charge in [-0.25, -0.2) is 4.98 Å². The maximum absolute atomic E-state index is 12.4. The number of nitrogens with zero attached hydrogens (tertiary/aromatic N) is 4. The monoisotopic (exact) mass is 328 g/mol. The van der Waals surface area contributed by atoms with Crippen molar-refractivity contribution in [3.05, 3.63) is 35.5 Å². The van der Waals surface area contributed by atoms with Gasteiger partial charge in [0.25, 0.3) is 5.91 Å². The number of carbonyl (C=O) groups is 1. The summed E-state index contributed by atoms with van der Waals surface area (Å²) in [6.45, 7) is 1.30. The first kappa shape index (κ1) is 15.1. The molecule has 1 fully saturated rings. The van der Waals surface area contributed by atoms with Crippen LogP contribution in [0, 0.1) is 0 Å². The van der Waals surface area contributed by atoms with Crippen molar-refractivity contribution < 1.29 is 9.90 Å². The standard InChI is InChI=1S/C16H20N6O2/c23-15(14-11-2-1-3-12(11)20-21-14)19-9-16(24)4-7-22(10-16)13-8-17-5-6-18-13/h5-6,8,24H,1-4,7,9-10H2,(H,19,23)(H,20,21)/t16-/m1/s1. The van der Waals surface area contributed by atoms with Crippen molar-refractivity contribution in [2.24, 2.45) is 0 Å². The van der Waals surface area contributed by atoms with Crippen molar-refractivity contribution in [3.8, 4) is 0 Å². The van der Waals surface area contributed by atoms with Gasteiger partial charge in [-0.05, 0) is 25.7 Å². The number of aliphatic hydroxyl groups is 1. The van der Waals surface area contributed by atoms with Crippen LogP contribution in [0.4, 0.5) is 5.82 Å². The number of fused-ring (bicyclic) bond motifs is 1. The molecule has 1 aliphatic heterocycles. The second-order valence-electron chi connectivity index (χ2n) is 6.53. The van der Waals surface area contributed by atoms with Crippen LogP contribution in [0.5, 0.6) is 0 Å². The van der Waals surface area contributed by atoms with E-state index >= 15 is 0 Å². The van der Waals surface area contributed by atoms with Gasteiger partial charge in [0.15, 0.2) is 5.69 Å². The van der Waals surface area contributed by atoms with Crippen molar-refractivity contribution >= 4 is 11.7 Å². The lowest BCUT2D eigenvalue weighted by atomic mass is 10.0. The summed E-state index contributed by atoms with van der Waals surface area (Å²) in [7, 11) is 0. The summed E-state index contributed by atoms with van der Waals surface area (Å²) in [5.41, 5.74) is 1.59. The summed E-state index contributed by atoms with van der Waals surface area (Å²) in [4.78, 5) is 22.7. The SMILES string of the molecule is O=C(NC[C@]1(O)CCN(c2cnccn2)C1)c1n[nH]c2c1CCC2. The predicted molar refractivity (Wildman–Crippen MR) is 86.8 cm³/mol. The van der Waals surface area contributed by atoms with Gasteiger partial charge >= 0.3 is 0 Å². The molecule has 2 aliphatic rings. The smallest absolute Gasteiger partial charge is 0.272 e. The lowest BCUT2D eigenvalue weighted by Gasteiger charge is -2.24. The summed E-state index contributed by atoms with van der Waals surface area (Å²) in [5.74, 6) is 0.519. The Morgan fingerprint density at radius 2 is 2.33 bits per heavy atom. The second-order valence-corrected chi connectivity index (χ2v) is 6.53. The number of hydrogen-bond donors (Lipinski definition) is 3. The largest absolute Gasteiger partial charge is 0.386 e. The molecule has 0 unspecified atom stereocenters. The zero-order valence-electron chi connectivity index (χ0n) is 13.3. The van der Waals surface area contributed by atoms with Crippen LogP contribution in [0.2, 0.25) is 0 Å². The molecule has 0 bridgehead atoms. The lowest BCUT2D eigenvalue weighted by Crippen LogP contribution is -2.45. The van der Waals surface area contributed by atoms with E-state index in [9.17, 15) is 9.90 Å². The molecule has 0 radical (unpaired) electrons. The van der Waals surface area contributed by atoms with Gasteiger partial charge in [0.1, 0.15) is 11.4 Å². The van der Waals surface area contributed by atoms with Crippen LogP contribution in [-0.4, -0.2) is 56.4 Å². The topological polar surface area (TPSA) is 107 Å². The highest BCUT2D eigenvalue weighted by atomic mass is 16.3. The van der Waals surface area contributed by atoms with Gasteiger partial charge in [0.2, 0.25) is 0 Å². The molecule has 0 spiro atoms. The van der Waals surface area contributed by atoms with E-state index in [0.29, 0.717) is 25.2 Å². The van der Waals surface area contributed by atoms with Gasteiger partial charge in [0, 0.05) is 43.3 Å². The summed E-state index contributed by atoms with van der Waals surface area (Å²) in [6, 6.07) is 0. The van der Waals surface area contributed by atoms with Gasteiger partial charge in [-0.15, -0.1) is 0 Å². The Labute approximate surface area is 139 Å². The summed E-state index contributed by atoms with van der Waals surface area (Å²) in [6.07, 6.45) is 8.40. The van der Waals surface area contributed by atoms with E-state index in [1.165, 1.54) is 0 Å². The van der Waals surface area contributed by atoms with E-state index in [0.717, 1.165) is 36.3 Å². The number of nitrogens with one attached hydrogen (secondary N) is 2. The molecule has 3 heterocycles. The highest BCUT2D eigenvalue weighted by Crippen LogP contribution is 2.25. The minimum absolute atomic E-state index is 0.199. The van der Waals surface area contributed by atoms with Crippen LogP contribution >= 0.6 is 0 Å². The number of hydrogen-bond acceptors (Lipinski definition) is 6. The molecule has 1 atom stereocenters. The lowest BCUT2D eigenvalue weighted by molar-refractivity contribution is 0.0573. The zero-order valence-corrected chi connectivity index (χ0v) is 13.3. The van der Waals surface area contributed by atoms with E-state index < -0.39 is 5.60 Å². The molecule has 2 aromatic rings. The summed E-state index contributed by atoms with van der Waals surface area (Å²) in [5, 5.41) is 20.6. The number of carbonyl (C=O) groups excluding carboxylic acids is 1. The minimum atomic E-state index is -0.966. The molecule has 126 valence electrons. The molecule has 24 heavy (non-hydrogen) atoms. The highest BCUT2D eigenvalue weighted by Gasteiger charge is 2.37. The molecule has 1 aliphatic carbocycles. The molecule has 1 amide bonds. The van der Waals surface area contributed by atoms with E-state index in [1.54, 1.807) is 18.6 Å². The van der Waals surface area contributed by atoms with Crippen molar-refractivity contribution in [3.63, 3.8) is 0 Å². The number of H-pyrrole nitrogens is 1. The van der Waals surface area contributed by atoms with Crippen LogP contribution in [0.25, 0.3) is 0 Å². The molecule has 2 aromatic heterocycles. The van der Waals surface area contributed by atoms with Gasteiger partial charge < -0.3 is 15.3 Å². The fourth-order valence-electron chi connectivity index (χ4n) is 3.49. The van der Waals surface area contributed by atoms with Crippen LogP contribution < -0.4 is 10.2 Å². The molecule has 8 nitrogen and oxygen atoms in total. The van der Waals surface area contributed by atoms with Crippen LogP contribution in [0.15, 0.2) is 18.6 Å². The third-order valence-electron chi connectivity index (χ3n) is 4.81. The number of aryl methyl sites for hydroxylation is 1. The Balaban J connectivity index is 1.38. The van der Waals surface area contributed by atoms with E-state index in [1.807, 2.05) is 4.90 Å². The van der Waals surface area contributed by atoms with E-state index in [4.69, 9.17) is 0 Å². The Morgan fingerprint density at radius 1 is 1.42 bits per heavy atom. The maximum atomic E-state index is 12.4. The van der Waals surface area contributed by atoms with E-state index in [-0.39, 0.29) is 12.5 Å². The van der Waals surface area contributed by atoms with Crippen LogP contribution in [0.3, 0.4) is 0 Å². The molecular weight excluding hydrogens is 308 g/mol. The number of anilines is 1. The van der Waals surface area contributed by atoms with Gasteiger partial charge in [-0.1, -0.05) is 0 Å². The van der Waals surface area contributed by atoms with Crippen molar-refractivity contribution in [1.29, 1.82) is 0 Å². The fourth-order valence-corrected chi connectivity index (χ4v) is 3.49. The van der Waals surface area contributed by atoms with Crippen molar-refractivity contribution in [2.45, 2.75) is 31.3 Å². The van der Waals surface area contributed by atoms with E-state index in [2.05, 4.69) is 25.5 Å². The number of aromatic amines is 1. The first-order valence-corrected chi connectivity index (χ1v) is 8.22. The average molecular weight is 328 g/mol. The number of amides is 1. The molecule has 8 heteroatoms. The molecule has 3 N–H and O–H groups in total. The van der Waals surface area contributed by atoms with Crippen molar-refractivity contribution in [1.82, 2.24) is 25.5 Å². The first-order chi connectivity index (χ1) is 11.6. The van der Waals surface area contributed by atoms with Gasteiger partial charge in [-0.3, -0.25) is 14.9 Å². The Kier molecular flexibility index (Phi) is 3.68. The average Bonchev–Trinajstić information content (AvgIpc) is 3.29. The quantitative estimate of drug-likeness (QED) is 0.733. The fraction of sp³-hybridized carbons (Fsp3) is 0.500. The number of β-amino-alcohol motifs (C(OH)–C–C–N with tert-alkyl or cyclic N) is 1. The maximum Gasteiger partial charge on any atom is 0.272 e. The number of rotatable bonds is 4. The van der Waals surface area contributed by atoms with Crippen molar-refractivity contribution in [2.75, 3.05) is 24.5 Å². The van der Waals surface area contributed by atoms with Crippen LogP contribution in [-0.2, 0) is 12.8 Å². The normalized spacial score (nSPS) is 22.6.